The fourth-order valence-electron chi connectivity index (χ4n) is 3.03. The van der Waals surface area contributed by atoms with Crippen molar-refractivity contribution in [1.29, 1.82) is 0 Å². The third-order valence-electron chi connectivity index (χ3n) is 4.51. The van der Waals surface area contributed by atoms with Crippen LogP contribution in [0, 0.1) is 0 Å². The largest absolute Gasteiger partial charge is 0.459 e. The summed E-state index contributed by atoms with van der Waals surface area (Å²) in [7, 11) is 0. The van der Waals surface area contributed by atoms with E-state index >= 15 is 0 Å². The Morgan fingerprint density at radius 1 is 1.10 bits per heavy atom. The molecule has 9 heteroatoms. The Hall–Kier alpha value is -3.39. The van der Waals surface area contributed by atoms with E-state index in [2.05, 4.69) is 10.0 Å². The molecular formula is C20H19N3O6. The molecule has 150 valence electrons. The summed E-state index contributed by atoms with van der Waals surface area (Å²) in [6.45, 7) is 1.01. The molecule has 2 aromatic carbocycles. The first-order valence-electron chi connectivity index (χ1n) is 8.87. The van der Waals surface area contributed by atoms with Gasteiger partial charge in [0, 0.05) is 4.91 Å². The highest BCUT2D eigenvalue weighted by Gasteiger charge is 2.56. The molecule has 1 aliphatic rings. The summed E-state index contributed by atoms with van der Waals surface area (Å²) < 4.78 is 16.2. The van der Waals surface area contributed by atoms with Gasteiger partial charge in [0.15, 0.2) is 6.10 Å². The summed E-state index contributed by atoms with van der Waals surface area (Å²) in [4.78, 5) is 27.2. The highest BCUT2D eigenvalue weighted by molar-refractivity contribution is 5.90. The number of carbonyl (C=O) groups is 2. The molecule has 4 atom stereocenters. The van der Waals surface area contributed by atoms with Crippen LogP contribution in [-0.4, -0.2) is 47.7 Å². The van der Waals surface area contributed by atoms with Crippen LogP contribution in [0.3, 0.4) is 0 Å². The minimum Gasteiger partial charge on any atom is -0.459 e. The number of esters is 2. The second kappa shape index (κ2) is 8.74. The number of azide groups is 1. The number of nitrogens with zero attached hydrogens (tertiary/aromatic N) is 3. The van der Waals surface area contributed by atoms with Gasteiger partial charge in [-0.25, -0.2) is 9.59 Å². The zero-order valence-corrected chi connectivity index (χ0v) is 15.5. The molecule has 0 amide bonds. The first-order chi connectivity index (χ1) is 14.0. The lowest BCUT2D eigenvalue weighted by Gasteiger charge is -2.26. The molecule has 1 fully saturated rings. The highest BCUT2D eigenvalue weighted by atomic mass is 16.6. The Bertz CT molecular complexity index is 916. The SMILES string of the molecule is C[C@@H]1O[C@@](COC(=O)c2ccccc2)(N=[N+]=[N-])[C@@H](O)C1OC(=O)c1ccccc1. The lowest BCUT2D eigenvalue weighted by molar-refractivity contribution is -0.107. The number of hydrogen-bond donors (Lipinski definition) is 1. The molecule has 1 N–H and O–H groups in total. The minimum atomic E-state index is -1.92. The lowest BCUT2D eigenvalue weighted by Crippen LogP contribution is -2.46. The molecule has 0 spiro atoms. The van der Waals surface area contributed by atoms with Crippen molar-refractivity contribution < 1.29 is 28.9 Å². The van der Waals surface area contributed by atoms with E-state index in [4.69, 9.17) is 19.7 Å². The van der Waals surface area contributed by atoms with E-state index in [-0.39, 0.29) is 5.56 Å². The van der Waals surface area contributed by atoms with Gasteiger partial charge in [-0.05, 0) is 36.7 Å². The summed E-state index contributed by atoms with van der Waals surface area (Å²) >= 11 is 0. The maximum atomic E-state index is 12.3. The van der Waals surface area contributed by atoms with Crippen molar-refractivity contribution >= 4 is 11.9 Å². The molecule has 0 bridgehead atoms. The molecule has 1 unspecified atom stereocenters. The highest BCUT2D eigenvalue weighted by Crippen LogP contribution is 2.35. The van der Waals surface area contributed by atoms with Gasteiger partial charge in [-0.15, -0.1) is 0 Å². The van der Waals surface area contributed by atoms with Crippen molar-refractivity contribution in [2.75, 3.05) is 6.61 Å². The van der Waals surface area contributed by atoms with Crippen molar-refractivity contribution in [1.82, 2.24) is 0 Å². The minimum absolute atomic E-state index is 0.288. The Labute approximate surface area is 166 Å². The molecule has 0 aromatic heterocycles. The summed E-state index contributed by atoms with van der Waals surface area (Å²) in [5, 5.41) is 14.2. The van der Waals surface area contributed by atoms with E-state index in [0.29, 0.717) is 5.56 Å². The molecular weight excluding hydrogens is 378 g/mol. The second-order valence-electron chi connectivity index (χ2n) is 6.48. The third kappa shape index (κ3) is 4.38. The van der Waals surface area contributed by atoms with Gasteiger partial charge in [0.25, 0.3) is 0 Å². The number of aliphatic hydroxyl groups is 1. The van der Waals surface area contributed by atoms with E-state index in [9.17, 15) is 14.7 Å². The van der Waals surface area contributed by atoms with E-state index in [1.807, 2.05) is 0 Å². The van der Waals surface area contributed by atoms with Crippen LogP contribution in [0.1, 0.15) is 27.6 Å². The number of carbonyl (C=O) groups excluding carboxylic acids is 2. The van der Waals surface area contributed by atoms with Crippen molar-refractivity contribution in [3.8, 4) is 0 Å². The number of hydrogen-bond acceptors (Lipinski definition) is 7. The van der Waals surface area contributed by atoms with Gasteiger partial charge in [0.2, 0.25) is 5.72 Å². The van der Waals surface area contributed by atoms with Crippen LogP contribution in [0.4, 0.5) is 0 Å². The predicted molar refractivity (Wildman–Crippen MR) is 101 cm³/mol. The Morgan fingerprint density at radius 3 is 2.21 bits per heavy atom. The molecule has 1 aliphatic heterocycles. The monoisotopic (exact) mass is 397 g/mol. The fraction of sp³-hybridized carbons (Fsp3) is 0.300. The third-order valence-corrected chi connectivity index (χ3v) is 4.51. The molecule has 2 aromatic rings. The molecule has 1 saturated heterocycles. The number of ether oxygens (including phenoxy) is 3. The maximum Gasteiger partial charge on any atom is 0.338 e. The molecule has 9 nitrogen and oxygen atoms in total. The summed E-state index contributed by atoms with van der Waals surface area (Å²) in [6, 6.07) is 16.4. The smallest absolute Gasteiger partial charge is 0.338 e. The van der Waals surface area contributed by atoms with E-state index < -0.39 is 42.6 Å². The van der Waals surface area contributed by atoms with Crippen molar-refractivity contribution in [3.05, 3.63) is 82.2 Å². The first kappa shape index (κ1) is 20.3. The molecule has 0 saturated carbocycles. The fourth-order valence-corrected chi connectivity index (χ4v) is 3.03. The van der Waals surface area contributed by atoms with Crippen LogP contribution in [0.25, 0.3) is 10.4 Å². The maximum absolute atomic E-state index is 12.3. The van der Waals surface area contributed by atoms with Gasteiger partial charge >= 0.3 is 11.9 Å². The van der Waals surface area contributed by atoms with Gasteiger partial charge in [-0.3, -0.25) is 0 Å². The molecule has 29 heavy (non-hydrogen) atoms. The first-order valence-corrected chi connectivity index (χ1v) is 8.87. The van der Waals surface area contributed by atoms with Crippen LogP contribution < -0.4 is 0 Å². The molecule has 0 radical (unpaired) electrons. The Balaban J connectivity index is 1.74. The van der Waals surface area contributed by atoms with Crippen LogP contribution in [0.15, 0.2) is 65.8 Å². The number of rotatable bonds is 6. The predicted octanol–water partition coefficient (Wildman–Crippen LogP) is 2.86. The summed E-state index contributed by atoms with van der Waals surface area (Å²) in [5.74, 6) is -1.34. The molecule has 0 aliphatic carbocycles. The summed E-state index contributed by atoms with van der Waals surface area (Å²) in [5.41, 5.74) is 7.61. The Kier molecular flexibility index (Phi) is 6.13. The van der Waals surface area contributed by atoms with Crippen molar-refractivity contribution in [3.63, 3.8) is 0 Å². The van der Waals surface area contributed by atoms with Crippen molar-refractivity contribution in [2.24, 2.45) is 5.11 Å². The van der Waals surface area contributed by atoms with Crippen LogP contribution in [0.5, 0.6) is 0 Å². The summed E-state index contributed by atoms with van der Waals surface area (Å²) in [6.07, 6.45) is -3.47. The van der Waals surface area contributed by atoms with Gasteiger partial charge < -0.3 is 19.3 Å². The topological polar surface area (TPSA) is 131 Å². The van der Waals surface area contributed by atoms with E-state index in [1.165, 1.54) is 0 Å². The van der Waals surface area contributed by atoms with E-state index in [1.54, 1.807) is 67.6 Å². The average Bonchev–Trinajstić information content (AvgIpc) is 2.98. The zero-order valence-electron chi connectivity index (χ0n) is 15.5. The quantitative estimate of drug-likeness (QED) is 0.345. The van der Waals surface area contributed by atoms with Gasteiger partial charge in [0.1, 0.15) is 12.7 Å². The van der Waals surface area contributed by atoms with Crippen LogP contribution in [-0.2, 0) is 14.2 Å². The zero-order chi connectivity index (χ0) is 20.9. The van der Waals surface area contributed by atoms with Gasteiger partial charge in [-0.2, -0.15) is 0 Å². The van der Waals surface area contributed by atoms with Crippen molar-refractivity contribution in [2.45, 2.75) is 31.0 Å². The van der Waals surface area contributed by atoms with E-state index in [0.717, 1.165) is 0 Å². The lowest BCUT2D eigenvalue weighted by atomic mass is 10.0. The van der Waals surface area contributed by atoms with Gasteiger partial charge in [0.05, 0.1) is 17.2 Å². The molecule has 3 rings (SSSR count). The average molecular weight is 397 g/mol. The van der Waals surface area contributed by atoms with Gasteiger partial charge in [-0.1, -0.05) is 41.5 Å². The standard InChI is InChI=1S/C20H19N3O6/c1-13-16(28-19(26)15-10-6-3-7-11-15)17(24)20(29-13,22-23-21)12-27-18(25)14-8-4-2-5-9-14/h2-11,13,16-17,24H,12H2,1H3/t13-,16?,17-,20+/m0/s1. The number of benzene rings is 2. The normalized spacial score (nSPS) is 25.7. The Morgan fingerprint density at radius 2 is 1.66 bits per heavy atom. The second-order valence-corrected chi connectivity index (χ2v) is 6.48. The molecule has 1 heterocycles. The number of aliphatic hydroxyl groups excluding tert-OH is 1. The van der Waals surface area contributed by atoms with Crippen LogP contribution >= 0.6 is 0 Å². The van der Waals surface area contributed by atoms with Crippen LogP contribution in [0.2, 0.25) is 0 Å².